The molecule has 112 valence electrons. The van der Waals surface area contributed by atoms with Crippen LogP contribution in [0.4, 0.5) is 5.69 Å². The molecule has 0 radical (unpaired) electrons. The molecule has 0 aromatic heterocycles. The minimum absolute atomic E-state index is 0.333. The molecule has 0 bridgehead atoms. The zero-order chi connectivity index (χ0) is 15.3. The van der Waals surface area contributed by atoms with Gasteiger partial charge in [0.1, 0.15) is 5.75 Å². The quantitative estimate of drug-likeness (QED) is 0.891. The van der Waals surface area contributed by atoms with Gasteiger partial charge in [0.15, 0.2) is 9.84 Å². The summed E-state index contributed by atoms with van der Waals surface area (Å²) in [7, 11) is -1.58. The zero-order valence-electron chi connectivity index (χ0n) is 12.2. The summed E-state index contributed by atoms with van der Waals surface area (Å²) >= 11 is 0. The van der Waals surface area contributed by atoms with Gasteiger partial charge in [-0.1, -0.05) is 24.3 Å². The second kappa shape index (κ2) is 6.63. The van der Waals surface area contributed by atoms with Crippen molar-refractivity contribution >= 4 is 15.5 Å². The SMILES string of the molecule is COc1ccc(CCNc2ccccc2S(C)(=O)=O)cc1. The highest BCUT2D eigenvalue weighted by atomic mass is 32.2. The van der Waals surface area contributed by atoms with Crippen molar-refractivity contribution in [2.75, 3.05) is 25.2 Å². The molecule has 0 aliphatic rings. The topological polar surface area (TPSA) is 55.4 Å². The first-order valence-electron chi connectivity index (χ1n) is 6.66. The summed E-state index contributed by atoms with van der Waals surface area (Å²) in [5.74, 6) is 0.828. The van der Waals surface area contributed by atoms with Crippen LogP contribution in [0.1, 0.15) is 5.56 Å². The summed E-state index contributed by atoms with van der Waals surface area (Å²) in [6.45, 7) is 0.666. The molecule has 0 aliphatic heterocycles. The molecule has 0 fully saturated rings. The highest BCUT2D eigenvalue weighted by Crippen LogP contribution is 2.20. The molecule has 0 spiro atoms. The molecule has 2 aromatic rings. The van der Waals surface area contributed by atoms with Gasteiger partial charge in [-0.25, -0.2) is 8.42 Å². The Morgan fingerprint density at radius 3 is 2.33 bits per heavy atom. The highest BCUT2D eigenvalue weighted by Gasteiger charge is 2.11. The van der Waals surface area contributed by atoms with Crippen LogP contribution in [0.2, 0.25) is 0 Å². The third-order valence-electron chi connectivity index (χ3n) is 3.17. The Kier molecular flexibility index (Phi) is 4.85. The molecule has 0 aliphatic carbocycles. The molecule has 0 amide bonds. The third-order valence-corrected chi connectivity index (χ3v) is 4.33. The lowest BCUT2D eigenvalue weighted by Gasteiger charge is -2.11. The van der Waals surface area contributed by atoms with E-state index in [-0.39, 0.29) is 0 Å². The summed E-state index contributed by atoms with van der Waals surface area (Å²) in [6.07, 6.45) is 2.03. The summed E-state index contributed by atoms with van der Waals surface area (Å²) < 4.78 is 28.5. The molecule has 21 heavy (non-hydrogen) atoms. The monoisotopic (exact) mass is 305 g/mol. The molecule has 0 atom stereocenters. The van der Waals surface area contributed by atoms with Crippen LogP contribution in [0.25, 0.3) is 0 Å². The Morgan fingerprint density at radius 2 is 1.71 bits per heavy atom. The highest BCUT2D eigenvalue weighted by molar-refractivity contribution is 7.90. The Hall–Kier alpha value is -2.01. The number of nitrogens with one attached hydrogen (secondary N) is 1. The lowest BCUT2D eigenvalue weighted by atomic mass is 10.1. The van der Waals surface area contributed by atoms with Gasteiger partial charge in [0.2, 0.25) is 0 Å². The van der Waals surface area contributed by atoms with Gasteiger partial charge >= 0.3 is 0 Å². The molecule has 5 heteroatoms. The maximum atomic E-state index is 11.7. The average molecular weight is 305 g/mol. The van der Waals surface area contributed by atoms with Gasteiger partial charge in [0.05, 0.1) is 17.7 Å². The van der Waals surface area contributed by atoms with Crippen LogP contribution in [0.3, 0.4) is 0 Å². The van der Waals surface area contributed by atoms with Gasteiger partial charge in [-0.2, -0.15) is 0 Å². The van der Waals surface area contributed by atoms with Crippen molar-refractivity contribution < 1.29 is 13.2 Å². The zero-order valence-corrected chi connectivity index (χ0v) is 13.0. The van der Waals surface area contributed by atoms with Crippen LogP contribution < -0.4 is 10.1 Å². The number of methoxy groups -OCH3 is 1. The van der Waals surface area contributed by atoms with Crippen molar-refractivity contribution in [1.29, 1.82) is 0 Å². The van der Waals surface area contributed by atoms with Crippen molar-refractivity contribution in [3.8, 4) is 5.75 Å². The predicted molar refractivity (Wildman–Crippen MR) is 84.7 cm³/mol. The van der Waals surface area contributed by atoms with E-state index in [1.165, 1.54) is 11.8 Å². The first-order chi connectivity index (χ1) is 10.0. The number of hydrogen-bond donors (Lipinski definition) is 1. The second-order valence-electron chi connectivity index (χ2n) is 4.79. The standard InChI is InChI=1S/C16H19NO3S/c1-20-14-9-7-13(8-10-14)11-12-17-15-5-3-4-6-16(15)21(2,18)19/h3-10,17H,11-12H2,1-2H3. The molecule has 0 heterocycles. The largest absolute Gasteiger partial charge is 0.497 e. The van der Waals surface area contributed by atoms with Gasteiger partial charge in [0, 0.05) is 12.8 Å². The maximum absolute atomic E-state index is 11.7. The van der Waals surface area contributed by atoms with Gasteiger partial charge in [-0.3, -0.25) is 0 Å². The van der Waals surface area contributed by atoms with Crippen LogP contribution in [-0.4, -0.2) is 28.3 Å². The second-order valence-corrected chi connectivity index (χ2v) is 6.78. The summed E-state index contributed by atoms with van der Waals surface area (Å²) in [4.78, 5) is 0.333. The number of anilines is 1. The third kappa shape index (κ3) is 4.23. The fourth-order valence-electron chi connectivity index (χ4n) is 2.07. The fraction of sp³-hybridized carbons (Fsp3) is 0.250. The van der Waals surface area contributed by atoms with Gasteiger partial charge < -0.3 is 10.1 Å². The Morgan fingerprint density at radius 1 is 1.05 bits per heavy atom. The van der Waals surface area contributed by atoms with Gasteiger partial charge in [0.25, 0.3) is 0 Å². The molecular weight excluding hydrogens is 286 g/mol. The smallest absolute Gasteiger partial charge is 0.177 e. The summed E-state index contributed by atoms with van der Waals surface area (Å²) in [5.41, 5.74) is 1.81. The maximum Gasteiger partial charge on any atom is 0.177 e. The number of rotatable bonds is 6. The molecular formula is C16H19NO3S. The Bertz CT molecular complexity index is 694. The van der Waals surface area contributed by atoms with Crippen LogP contribution in [0.15, 0.2) is 53.4 Å². The first kappa shape index (κ1) is 15.4. The van der Waals surface area contributed by atoms with Crippen LogP contribution >= 0.6 is 0 Å². The van der Waals surface area contributed by atoms with E-state index >= 15 is 0 Å². The van der Waals surface area contributed by atoms with E-state index < -0.39 is 9.84 Å². The minimum atomic E-state index is -3.22. The number of hydrogen-bond acceptors (Lipinski definition) is 4. The molecule has 0 unspecified atom stereocenters. The number of sulfone groups is 1. The lowest BCUT2D eigenvalue weighted by molar-refractivity contribution is 0.414. The lowest BCUT2D eigenvalue weighted by Crippen LogP contribution is -2.09. The predicted octanol–water partition coefficient (Wildman–Crippen LogP) is 2.75. The van der Waals surface area contributed by atoms with Crippen LogP contribution in [0, 0.1) is 0 Å². The molecule has 0 saturated heterocycles. The van der Waals surface area contributed by atoms with Gasteiger partial charge in [-0.15, -0.1) is 0 Å². The molecule has 2 aromatic carbocycles. The van der Waals surface area contributed by atoms with Crippen LogP contribution in [-0.2, 0) is 16.3 Å². The van der Waals surface area contributed by atoms with E-state index in [0.717, 1.165) is 12.2 Å². The van der Waals surface area contributed by atoms with Crippen molar-refractivity contribution in [2.24, 2.45) is 0 Å². The average Bonchev–Trinajstić information content (AvgIpc) is 2.47. The van der Waals surface area contributed by atoms with Crippen LogP contribution in [0.5, 0.6) is 5.75 Å². The molecule has 2 rings (SSSR count). The normalized spacial score (nSPS) is 11.1. The molecule has 1 N–H and O–H groups in total. The van der Waals surface area contributed by atoms with E-state index in [1.54, 1.807) is 25.3 Å². The van der Waals surface area contributed by atoms with Crippen molar-refractivity contribution in [3.05, 3.63) is 54.1 Å². The van der Waals surface area contributed by atoms with Crippen molar-refractivity contribution in [2.45, 2.75) is 11.3 Å². The van der Waals surface area contributed by atoms with E-state index in [0.29, 0.717) is 17.1 Å². The first-order valence-corrected chi connectivity index (χ1v) is 8.56. The van der Waals surface area contributed by atoms with E-state index in [1.807, 2.05) is 30.3 Å². The van der Waals surface area contributed by atoms with E-state index in [2.05, 4.69) is 5.32 Å². The molecule has 0 saturated carbocycles. The summed E-state index contributed by atoms with van der Waals surface area (Å²) in [6, 6.07) is 14.8. The fourth-order valence-corrected chi connectivity index (χ4v) is 2.94. The number of para-hydroxylation sites is 1. The molecule has 4 nitrogen and oxygen atoms in total. The summed E-state index contributed by atoms with van der Waals surface area (Å²) in [5, 5.41) is 3.19. The van der Waals surface area contributed by atoms with Gasteiger partial charge in [-0.05, 0) is 36.2 Å². The Balaban J connectivity index is 2.00. The van der Waals surface area contributed by atoms with Crippen molar-refractivity contribution in [3.63, 3.8) is 0 Å². The van der Waals surface area contributed by atoms with E-state index in [4.69, 9.17) is 4.74 Å². The van der Waals surface area contributed by atoms with E-state index in [9.17, 15) is 8.42 Å². The number of benzene rings is 2. The van der Waals surface area contributed by atoms with Crippen molar-refractivity contribution in [1.82, 2.24) is 0 Å². The number of ether oxygens (including phenoxy) is 1. The Labute approximate surface area is 125 Å². The minimum Gasteiger partial charge on any atom is -0.497 e.